The maximum Gasteiger partial charge on any atom is 0.0727 e. The zero-order chi connectivity index (χ0) is 46.8. The van der Waals surface area contributed by atoms with Crippen molar-refractivity contribution in [2.75, 3.05) is 9.80 Å². The van der Waals surface area contributed by atoms with Gasteiger partial charge >= 0.3 is 0 Å². The first-order valence-corrected chi connectivity index (χ1v) is 24.3. The molecule has 0 radical (unpaired) electrons. The third-order valence-corrected chi connectivity index (χ3v) is 14.7. The number of hydrogen-bond donors (Lipinski definition) is 0. The van der Waals surface area contributed by atoms with E-state index < -0.39 is 5.41 Å². The fourth-order valence-electron chi connectivity index (χ4n) is 11.9. The average Bonchev–Trinajstić information content (AvgIpc) is 4.03. The van der Waals surface area contributed by atoms with Crippen LogP contribution in [-0.4, -0.2) is 4.57 Å². The largest absolute Gasteiger partial charge is 0.310 e. The average molecular weight is 896 g/mol. The third kappa shape index (κ3) is 6.15. The van der Waals surface area contributed by atoms with Crippen molar-refractivity contribution >= 4 is 57.2 Å². The lowest BCUT2D eigenvalue weighted by molar-refractivity contribution is 0.793. The Kier molecular flexibility index (Phi) is 9.85. The molecule has 0 fully saturated rings. The van der Waals surface area contributed by atoms with Crippen molar-refractivity contribution in [1.29, 1.82) is 0 Å². The van der Waals surface area contributed by atoms with Crippen LogP contribution in [0.5, 0.6) is 0 Å². The molecule has 0 saturated carbocycles. The predicted molar refractivity (Wildman–Crippen MR) is 294 cm³/mol. The first-order valence-electron chi connectivity index (χ1n) is 24.3. The molecule has 0 bridgehead atoms. The molecule has 11 aromatic rings. The second-order valence-electron chi connectivity index (χ2n) is 18.2. The highest BCUT2D eigenvalue weighted by molar-refractivity contribution is 6.03. The molecule has 0 saturated heterocycles. The number of hydrogen-bond acceptors (Lipinski definition) is 2. The van der Waals surface area contributed by atoms with Gasteiger partial charge in [0.15, 0.2) is 0 Å². The Morgan fingerprint density at radius 2 is 0.857 bits per heavy atom. The van der Waals surface area contributed by atoms with Crippen LogP contribution in [0.2, 0.25) is 0 Å². The van der Waals surface area contributed by atoms with E-state index in [2.05, 4.69) is 289 Å². The van der Waals surface area contributed by atoms with Gasteiger partial charge in [0.2, 0.25) is 0 Å². The Balaban J connectivity index is 1.12. The summed E-state index contributed by atoms with van der Waals surface area (Å²) in [4.78, 5) is 4.93. The minimum Gasteiger partial charge on any atom is -0.310 e. The van der Waals surface area contributed by atoms with E-state index in [0.717, 1.165) is 45.3 Å². The Morgan fingerprint density at radius 1 is 0.357 bits per heavy atom. The molecule has 1 unspecified atom stereocenters. The topological polar surface area (TPSA) is 11.4 Å². The molecule has 13 rings (SSSR count). The summed E-state index contributed by atoms with van der Waals surface area (Å²) >= 11 is 0. The molecule has 10 aromatic carbocycles. The number of fused-ring (bicyclic) bond motifs is 11. The van der Waals surface area contributed by atoms with E-state index in [9.17, 15) is 0 Å². The highest BCUT2D eigenvalue weighted by Gasteiger charge is 2.52. The van der Waals surface area contributed by atoms with Gasteiger partial charge in [0, 0.05) is 50.0 Å². The van der Waals surface area contributed by atoms with Crippen LogP contribution in [0.25, 0.3) is 62.1 Å². The van der Waals surface area contributed by atoms with Crippen molar-refractivity contribution in [1.82, 2.24) is 4.57 Å². The van der Waals surface area contributed by atoms with Gasteiger partial charge < -0.3 is 14.4 Å². The maximum atomic E-state index is 2.53. The van der Waals surface area contributed by atoms with Crippen LogP contribution in [0.1, 0.15) is 36.1 Å². The summed E-state index contributed by atoms with van der Waals surface area (Å²) < 4.78 is 2.41. The van der Waals surface area contributed by atoms with Crippen molar-refractivity contribution < 1.29 is 0 Å². The zero-order valence-corrected chi connectivity index (χ0v) is 39.2. The van der Waals surface area contributed by atoms with Crippen molar-refractivity contribution in [2.24, 2.45) is 0 Å². The zero-order valence-electron chi connectivity index (χ0n) is 39.2. The fourth-order valence-corrected chi connectivity index (χ4v) is 11.9. The van der Waals surface area contributed by atoms with E-state index in [1.54, 1.807) is 0 Å². The summed E-state index contributed by atoms with van der Waals surface area (Å²) in [6, 6.07) is 91.6. The molecule has 0 N–H and O–H groups in total. The number of rotatable bonds is 8. The van der Waals surface area contributed by atoms with Crippen LogP contribution >= 0.6 is 0 Å². The third-order valence-electron chi connectivity index (χ3n) is 14.7. The Morgan fingerprint density at radius 3 is 1.44 bits per heavy atom. The monoisotopic (exact) mass is 895 g/mol. The SMILES string of the molecule is C/C=c1\c(=C/C)n(-c2ccccc2)c2cccc(N(c3ccccc3)c3ccc4c(c3)C3(c5ccccc5-4)c4ccccc4-c4cc(-c5ccccc5)c(N(c5ccccc5)c5ccccc5)cc43)c12. The van der Waals surface area contributed by atoms with E-state index in [1.807, 2.05) is 0 Å². The normalized spacial score (nSPS) is 14.7. The van der Waals surface area contributed by atoms with Crippen LogP contribution in [0.4, 0.5) is 34.1 Å². The molecule has 3 nitrogen and oxygen atoms in total. The molecule has 0 amide bonds. The van der Waals surface area contributed by atoms with Gasteiger partial charge in [0.25, 0.3) is 0 Å². The Labute approximate surface area is 409 Å². The van der Waals surface area contributed by atoms with Crippen LogP contribution in [0, 0.1) is 0 Å². The van der Waals surface area contributed by atoms with Gasteiger partial charge in [-0.2, -0.15) is 0 Å². The van der Waals surface area contributed by atoms with Gasteiger partial charge in [-0.25, -0.2) is 0 Å². The molecule has 2 aliphatic rings. The summed E-state index contributed by atoms with van der Waals surface area (Å²) in [7, 11) is 0. The van der Waals surface area contributed by atoms with Crippen LogP contribution in [0.15, 0.2) is 249 Å². The van der Waals surface area contributed by atoms with Crippen LogP contribution < -0.4 is 20.4 Å². The summed E-state index contributed by atoms with van der Waals surface area (Å²) in [5, 5.41) is 3.60. The standard InChI is InChI=1S/C67H49N3/c1-3-52-62(4-2)70(50-33-18-9-19-34-50)64-40-24-39-63(66(52)64)69(49-31-16-8-17-32-49)51-41-42-55-53-35-20-22-37-58(53)67(60(55)43-51)59-38-23-21-36-54(59)57-44-56(46-25-10-5-11-26-46)65(45-61(57)67)68(47-27-12-6-13-28-47)48-29-14-7-15-30-48/h3-45H,1-2H3/b52-3+,62-4+. The van der Waals surface area contributed by atoms with Gasteiger partial charge in [0.1, 0.15) is 0 Å². The molecular weight excluding hydrogens is 847 g/mol. The van der Waals surface area contributed by atoms with Crippen molar-refractivity contribution in [2.45, 2.75) is 19.3 Å². The molecule has 1 atom stereocenters. The smallest absolute Gasteiger partial charge is 0.0727 e. The van der Waals surface area contributed by atoms with Gasteiger partial charge in [-0.1, -0.05) is 176 Å². The van der Waals surface area contributed by atoms with Crippen molar-refractivity contribution in [3.63, 3.8) is 0 Å². The van der Waals surface area contributed by atoms with Gasteiger partial charge in [-0.15, -0.1) is 0 Å². The molecule has 3 heteroatoms. The number of para-hydroxylation sites is 4. The quantitative estimate of drug-likeness (QED) is 0.151. The number of benzene rings is 10. The van der Waals surface area contributed by atoms with Crippen LogP contribution in [0.3, 0.4) is 0 Å². The van der Waals surface area contributed by atoms with Gasteiger partial charge in [-0.3, -0.25) is 0 Å². The van der Waals surface area contributed by atoms with E-state index in [4.69, 9.17) is 0 Å². The van der Waals surface area contributed by atoms with E-state index in [1.165, 1.54) is 71.6 Å². The fraction of sp³-hybridized carbons (Fsp3) is 0.0448. The molecule has 1 spiro atoms. The molecule has 1 aromatic heterocycles. The molecule has 1 heterocycles. The minimum atomic E-state index is -0.630. The summed E-state index contributed by atoms with van der Waals surface area (Å²) in [5.41, 5.74) is 20.9. The summed E-state index contributed by atoms with van der Waals surface area (Å²) in [6.07, 6.45) is 4.53. The number of aromatic nitrogens is 1. The van der Waals surface area contributed by atoms with Crippen LogP contribution in [-0.2, 0) is 5.41 Å². The lowest BCUT2D eigenvalue weighted by Gasteiger charge is -2.34. The number of anilines is 6. The molecule has 332 valence electrons. The highest BCUT2D eigenvalue weighted by atomic mass is 15.2. The maximum absolute atomic E-state index is 2.53. The molecule has 0 aliphatic heterocycles. The molecule has 2 aliphatic carbocycles. The molecule has 70 heavy (non-hydrogen) atoms. The van der Waals surface area contributed by atoms with Gasteiger partial charge in [-0.05, 0) is 149 Å². The van der Waals surface area contributed by atoms with E-state index in [-0.39, 0.29) is 0 Å². The Hall–Kier alpha value is -8.92. The molecular formula is C67H49N3. The number of nitrogens with zero attached hydrogens (tertiary/aromatic N) is 3. The first kappa shape index (κ1) is 41.3. The minimum absolute atomic E-state index is 0.630. The lowest BCUT2D eigenvalue weighted by Crippen LogP contribution is -2.28. The lowest BCUT2D eigenvalue weighted by atomic mass is 9.70. The second kappa shape index (κ2) is 16.7. The summed E-state index contributed by atoms with van der Waals surface area (Å²) in [6.45, 7) is 4.32. The highest BCUT2D eigenvalue weighted by Crippen LogP contribution is 2.65. The summed E-state index contributed by atoms with van der Waals surface area (Å²) in [5.74, 6) is 0. The van der Waals surface area contributed by atoms with E-state index >= 15 is 0 Å². The van der Waals surface area contributed by atoms with Crippen molar-refractivity contribution in [3.05, 3.63) is 282 Å². The predicted octanol–water partition coefficient (Wildman–Crippen LogP) is 16.2. The van der Waals surface area contributed by atoms with E-state index in [0.29, 0.717) is 0 Å². The second-order valence-corrected chi connectivity index (χ2v) is 18.2. The van der Waals surface area contributed by atoms with Crippen molar-refractivity contribution in [3.8, 4) is 39.1 Å². The first-order chi connectivity index (χ1) is 34.7. The van der Waals surface area contributed by atoms with Gasteiger partial charge in [0.05, 0.1) is 22.3 Å². The Bertz CT molecular complexity index is 3860.